The number of hydrogen-bond donors (Lipinski definition) is 1. The number of aromatic nitrogens is 1. The van der Waals surface area contributed by atoms with Gasteiger partial charge in [-0.3, -0.25) is 23.7 Å². The fraction of sp³-hybridized carbons (Fsp3) is 0.263. The lowest BCUT2D eigenvalue weighted by atomic mass is 10.1. The summed E-state index contributed by atoms with van der Waals surface area (Å²) in [6.07, 6.45) is 0. The highest BCUT2D eigenvalue weighted by Gasteiger charge is 2.29. The third-order valence-electron chi connectivity index (χ3n) is 4.08. The largest absolute Gasteiger partial charge is 0.462 e. The molecule has 0 unspecified atom stereocenters. The van der Waals surface area contributed by atoms with Gasteiger partial charge in [0.15, 0.2) is 5.78 Å². The molecule has 2 heterocycles. The maximum atomic E-state index is 12.5. The standard InChI is InChI=1S/C19H17ClN2O6S/c1-4-27-19(26)15-14(9(2)23)10(3)28-17(15)21-13(24)8-22-18(25)11-6-5-7-12(20)16(11)29-22/h5-7H,4,8H2,1-3H3,(H,21,24). The summed E-state index contributed by atoms with van der Waals surface area (Å²) in [5.74, 6) is -1.80. The number of ether oxygens (including phenoxy) is 1. The number of hydrogen-bond acceptors (Lipinski definition) is 7. The van der Waals surface area contributed by atoms with E-state index in [4.69, 9.17) is 20.8 Å². The number of ketones is 1. The van der Waals surface area contributed by atoms with Crippen LogP contribution in [0.15, 0.2) is 27.4 Å². The summed E-state index contributed by atoms with van der Waals surface area (Å²) in [7, 11) is 0. The minimum Gasteiger partial charge on any atom is -0.462 e. The average Bonchev–Trinajstić information content (AvgIpc) is 3.13. The molecule has 1 aromatic carbocycles. The van der Waals surface area contributed by atoms with Crippen LogP contribution >= 0.6 is 23.1 Å². The number of Topliss-reactive ketones (excluding diaryl/α,β-unsaturated/α-hetero) is 1. The van der Waals surface area contributed by atoms with Crippen LogP contribution in [0.3, 0.4) is 0 Å². The molecule has 152 valence electrons. The van der Waals surface area contributed by atoms with E-state index in [-0.39, 0.29) is 41.5 Å². The maximum absolute atomic E-state index is 12.5. The van der Waals surface area contributed by atoms with Crippen LogP contribution in [0.1, 0.15) is 40.3 Å². The van der Waals surface area contributed by atoms with Gasteiger partial charge in [0.05, 0.1) is 27.3 Å². The maximum Gasteiger partial charge on any atom is 0.344 e. The molecule has 1 amide bonds. The Kier molecular flexibility index (Phi) is 5.90. The van der Waals surface area contributed by atoms with Crippen molar-refractivity contribution < 1.29 is 23.5 Å². The number of esters is 1. The number of halogens is 1. The van der Waals surface area contributed by atoms with Gasteiger partial charge < -0.3 is 9.15 Å². The number of aryl methyl sites for hydroxylation is 1. The molecule has 1 N–H and O–H groups in total. The predicted octanol–water partition coefficient (Wildman–Crippen LogP) is 3.64. The number of carbonyl (C=O) groups is 3. The highest BCUT2D eigenvalue weighted by atomic mass is 35.5. The van der Waals surface area contributed by atoms with Crippen molar-refractivity contribution in [2.45, 2.75) is 27.3 Å². The Balaban J connectivity index is 1.92. The van der Waals surface area contributed by atoms with Gasteiger partial charge in [-0.05, 0) is 32.9 Å². The van der Waals surface area contributed by atoms with E-state index in [2.05, 4.69) is 5.32 Å². The van der Waals surface area contributed by atoms with Gasteiger partial charge in [0.1, 0.15) is 17.9 Å². The summed E-state index contributed by atoms with van der Waals surface area (Å²) in [4.78, 5) is 49.2. The molecule has 0 saturated heterocycles. The molecule has 0 aliphatic heterocycles. The highest BCUT2D eigenvalue weighted by molar-refractivity contribution is 7.14. The van der Waals surface area contributed by atoms with Crippen molar-refractivity contribution in [3.8, 4) is 0 Å². The van der Waals surface area contributed by atoms with E-state index in [1.807, 2.05) is 0 Å². The van der Waals surface area contributed by atoms with Crippen molar-refractivity contribution >= 4 is 56.8 Å². The molecule has 0 aliphatic carbocycles. The molecule has 0 atom stereocenters. The van der Waals surface area contributed by atoms with E-state index in [1.54, 1.807) is 25.1 Å². The molecule has 3 aromatic rings. The second-order valence-corrected chi connectivity index (χ2v) is 7.55. The SMILES string of the molecule is CCOC(=O)c1c(NC(=O)Cn2sc3c(Cl)cccc3c2=O)oc(C)c1C(C)=O. The minimum absolute atomic E-state index is 0.0459. The average molecular weight is 437 g/mol. The Morgan fingerprint density at radius 3 is 2.62 bits per heavy atom. The van der Waals surface area contributed by atoms with E-state index in [1.165, 1.54) is 17.8 Å². The molecule has 0 fully saturated rings. The third-order valence-corrected chi connectivity index (χ3v) is 5.65. The molecule has 8 nitrogen and oxygen atoms in total. The first-order valence-electron chi connectivity index (χ1n) is 8.64. The van der Waals surface area contributed by atoms with Gasteiger partial charge >= 0.3 is 5.97 Å². The fourth-order valence-electron chi connectivity index (χ4n) is 2.91. The fourth-order valence-corrected chi connectivity index (χ4v) is 4.18. The Bertz CT molecular complexity index is 1190. The number of furan rings is 1. The van der Waals surface area contributed by atoms with Crippen LogP contribution in [0.4, 0.5) is 5.88 Å². The quantitative estimate of drug-likeness (QED) is 0.467. The molecule has 2 aromatic heterocycles. The zero-order valence-electron chi connectivity index (χ0n) is 15.8. The number of fused-ring (bicyclic) bond motifs is 1. The lowest BCUT2D eigenvalue weighted by molar-refractivity contribution is -0.116. The predicted molar refractivity (Wildman–Crippen MR) is 109 cm³/mol. The molecule has 0 aliphatic rings. The Morgan fingerprint density at radius 1 is 1.28 bits per heavy atom. The Morgan fingerprint density at radius 2 is 2.00 bits per heavy atom. The van der Waals surface area contributed by atoms with Crippen LogP contribution in [0, 0.1) is 6.92 Å². The Labute approximate surface area is 174 Å². The molecule has 10 heteroatoms. The second-order valence-electron chi connectivity index (χ2n) is 6.11. The van der Waals surface area contributed by atoms with Crippen molar-refractivity contribution in [3.05, 3.63) is 50.5 Å². The number of benzene rings is 1. The second kappa shape index (κ2) is 8.22. The number of nitrogens with one attached hydrogen (secondary N) is 1. The summed E-state index contributed by atoms with van der Waals surface area (Å²) in [6.45, 7) is 4.19. The van der Waals surface area contributed by atoms with Crippen LogP contribution in [0.2, 0.25) is 5.02 Å². The van der Waals surface area contributed by atoms with Gasteiger partial charge in [0, 0.05) is 0 Å². The van der Waals surface area contributed by atoms with Crippen molar-refractivity contribution in [2.75, 3.05) is 11.9 Å². The first-order valence-corrected chi connectivity index (χ1v) is 9.79. The first-order chi connectivity index (χ1) is 13.7. The third kappa shape index (κ3) is 3.96. The minimum atomic E-state index is -0.782. The normalized spacial score (nSPS) is 10.9. The first kappa shape index (κ1) is 20.8. The van der Waals surface area contributed by atoms with E-state index in [9.17, 15) is 19.2 Å². The van der Waals surface area contributed by atoms with Crippen molar-refractivity contribution in [1.82, 2.24) is 3.96 Å². The van der Waals surface area contributed by atoms with Crippen molar-refractivity contribution in [3.63, 3.8) is 0 Å². The molecular weight excluding hydrogens is 420 g/mol. The number of nitrogens with zero attached hydrogens (tertiary/aromatic N) is 1. The van der Waals surface area contributed by atoms with E-state index in [0.29, 0.717) is 15.1 Å². The zero-order chi connectivity index (χ0) is 21.3. The lowest BCUT2D eigenvalue weighted by Gasteiger charge is -2.06. The molecule has 0 saturated carbocycles. The number of rotatable bonds is 6. The van der Waals surface area contributed by atoms with E-state index in [0.717, 1.165) is 11.5 Å². The molecule has 0 radical (unpaired) electrons. The Hall–Kier alpha value is -2.91. The highest BCUT2D eigenvalue weighted by Crippen LogP contribution is 2.29. The van der Waals surface area contributed by atoms with Crippen LogP contribution in [0.25, 0.3) is 10.1 Å². The van der Waals surface area contributed by atoms with Gasteiger partial charge in [-0.25, -0.2) is 4.79 Å². The molecule has 0 spiro atoms. The number of carbonyl (C=O) groups excluding carboxylic acids is 3. The van der Waals surface area contributed by atoms with Gasteiger partial charge in [0.2, 0.25) is 11.8 Å². The molecule has 29 heavy (non-hydrogen) atoms. The van der Waals surface area contributed by atoms with Crippen molar-refractivity contribution in [2.24, 2.45) is 0 Å². The molecule has 3 rings (SSSR count). The van der Waals surface area contributed by atoms with Crippen molar-refractivity contribution in [1.29, 1.82) is 0 Å². The van der Waals surface area contributed by atoms with E-state index < -0.39 is 17.7 Å². The summed E-state index contributed by atoms with van der Waals surface area (Å²) in [5.41, 5.74) is -0.449. The van der Waals surface area contributed by atoms with Gasteiger partial charge in [-0.2, -0.15) is 0 Å². The molecule has 0 bridgehead atoms. The molecular formula is C19H17ClN2O6S. The van der Waals surface area contributed by atoms with Gasteiger partial charge in [0.25, 0.3) is 5.56 Å². The van der Waals surface area contributed by atoms with Crippen LogP contribution in [0.5, 0.6) is 0 Å². The number of amides is 1. The summed E-state index contributed by atoms with van der Waals surface area (Å²) >= 11 is 7.16. The van der Waals surface area contributed by atoms with Crippen LogP contribution in [-0.4, -0.2) is 28.2 Å². The van der Waals surface area contributed by atoms with Crippen LogP contribution < -0.4 is 10.9 Å². The lowest BCUT2D eigenvalue weighted by Crippen LogP contribution is -2.24. The zero-order valence-corrected chi connectivity index (χ0v) is 17.4. The topological polar surface area (TPSA) is 108 Å². The summed E-state index contributed by atoms with van der Waals surface area (Å²) in [6, 6.07) is 4.94. The van der Waals surface area contributed by atoms with Gasteiger partial charge in [-0.1, -0.05) is 29.2 Å². The summed E-state index contributed by atoms with van der Waals surface area (Å²) < 4.78 is 12.2. The smallest absolute Gasteiger partial charge is 0.344 e. The monoisotopic (exact) mass is 436 g/mol. The van der Waals surface area contributed by atoms with Gasteiger partial charge in [-0.15, -0.1) is 0 Å². The van der Waals surface area contributed by atoms with E-state index >= 15 is 0 Å². The van der Waals surface area contributed by atoms with Crippen LogP contribution in [-0.2, 0) is 16.1 Å². The number of anilines is 1. The summed E-state index contributed by atoms with van der Waals surface area (Å²) in [5, 5.41) is 3.29.